The molecule has 2 aromatic rings. The van der Waals surface area contributed by atoms with Crippen LogP contribution in [-0.2, 0) is 4.79 Å². The third-order valence-electron chi connectivity index (χ3n) is 4.43. The number of nitrogens with zero attached hydrogens (tertiary/aromatic N) is 1. The summed E-state index contributed by atoms with van der Waals surface area (Å²) in [5.74, 6) is -1.50. The Balaban J connectivity index is 1.56. The molecule has 7 heteroatoms. The predicted molar refractivity (Wildman–Crippen MR) is 95.1 cm³/mol. The van der Waals surface area contributed by atoms with E-state index in [2.05, 4.69) is 5.32 Å². The molecule has 0 saturated carbocycles. The first-order chi connectivity index (χ1) is 12.4. The third-order valence-corrected chi connectivity index (χ3v) is 4.75. The molecule has 1 aliphatic heterocycles. The van der Waals surface area contributed by atoms with E-state index in [-0.39, 0.29) is 22.8 Å². The highest BCUT2D eigenvalue weighted by atomic mass is 35.5. The molecular weight excluding hydrogens is 362 g/mol. The number of nitrogens with one attached hydrogen (secondary N) is 1. The number of carbonyl (C=O) groups is 2. The van der Waals surface area contributed by atoms with Crippen molar-refractivity contribution in [3.63, 3.8) is 0 Å². The second-order valence-corrected chi connectivity index (χ2v) is 6.59. The van der Waals surface area contributed by atoms with Crippen LogP contribution in [0.3, 0.4) is 0 Å². The van der Waals surface area contributed by atoms with Gasteiger partial charge in [-0.15, -0.1) is 0 Å². The van der Waals surface area contributed by atoms with Gasteiger partial charge in [-0.25, -0.2) is 8.78 Å². The van der Waals surface area contributed by atoms with Crippen LogP contribution in [0.25, 0.3) is 0 Å². The van der Waals surface area contributed by atoms with Crippen LogP contribution >= 0.6 is 11.6 Å². The Morgan fingerprint density at radius 1 is 1.00 bits per heavy atom. The minimum atomic E-state index is -0.472. The summed E-state index contributed by atoms with van der Waals surface area (Å²) in [6.07, 6.45) is 1.02. The van der Waals surface area contributed by atoms with E-state index in [1.807, 2.05) is 0 Å². The number of hydrogen-bond donors (Lipinski definition) is 1. The maximum Gasteiger partial charge on any atom is 0.253 e. The molecule has 1 aliphatic rings. The standard InChI is InChI=1S/C19H17ClF2N2O2/c20-16-11-15(22)5-6-17(16)23-18(25)12-7-9-24(10-8-12)19(26)13-1-3-14(21)4-2-13/h1-6,11-12H,7-10H2,(H,23,25). The molecule has 26 heavy (non-hydrogen) atoms. The van der Waals surface area contributed by atoms with E-state index in [0.717, 1.165) is 6.07 Å². The highest BCUT2D eigenvalue weighted by Gasteiger charge is 2.28. The molecule has 0 unspecified atom stereocenters. The Labute approximate surface area is 154 Å². The minimum absolute atomic E-state index is 0.141. The van der Waals surface area contributed by atoms with Gasteiger partial charge in [-0.1, -0.05) is 11.6 Å². The van der Waals surface area contributed by atoms with E-state index in [4.69, 9.17) is 11.6 Å². The smallest absolute Gasteiger partial charge is 0.253 e. The highest BCUT2D eigenvalue weighted by Crippen LogP contribution is 2.25. The molecule has 0 atom stereocenters. The fourth-order valence-electron chi connectivity index (χ4n) is 2.95. The molecule has 0 spiro atoms. The number of likely N-dealkylation sites (tertiary alicyclic amines) is 1. The van der Waals surface area contributed by atoms with Crippen LogP contribution in [0.5, 0.6) is 0 Å². The lowest BCUT2D eigenvalue weighted by Crippen LogP contribution is -2.41. The largest absolute Gasteiger partial charge is 0.339 e. The number of amides is 2. The molecule has 3 rings (SSSR count). The van der Waals surface area contributed by atoms with Crippen LogP contribution in [0.4, 0.5) is 14.5 Å². The molecule has 4 nitrogen and oxygen atoms in total. The SMILES string of the molecule is O=C(Nc1ccc(F)cc1Cl)C1CCN(C(=O)c2ccc(F)cc2)CC1. The molecule has 1 fully saturated rings. The van der Waals surface area contributed by atoms with Gasteiger partial charge in [0.2, 0.25) is 5.91 Å². The van der Waals surface area contributed by atoms with Crippen LogP contribution in [0.2, 0.25) is 5.02 Å². The zero-order valence-electron chi connectivity index (χ0n) is 13.8. The normalized spacial score (nSPS) is 15.0. The van der Waals surface area contributed by atoms with Gasteiger partial charge in [0.1, 0.15) is 11.6 Å². The average molecular weight is 379 g/mol. The number of halogens is 3. The Morgan fingerprint density at radius 3 is 2.23 bits per heavy atom. The number of rotatable bonds is 3. The Kier molecular flexibility index (Phi) is 5.52. The van der Waals surface area contributed by atoms with Crippen molar-refractivity contribution in [2.75, 3.05) is 18.4 Å². The second-order valence-electron chi connectivity index (χ2n) is 6.19. The van der Waals surface area contributed by atoms with Crippen LogP contribution in [0.15, 0.2) is 42.5 Å². The van der Waals surface area contributed by atoms with Gasteiger partial charge in [-0.2, -0.15) is 0 Å². The van der Waals surface area contributed by atoms with Crippen molar-refractivity contribution in [2.24, 2.45) is 5.92 Å². The summed E-state index contributed by atoms with van der Waals surface area (Å²) in [7, 11) is 0. The van der Waals surface area contributed by atoms with Crippen LogP contribution in [0.1, 0.15) is 23.2 Å². The summed E-state index contributed by atoms with van der Waals surface area (Å²) in [6.45, 7) is 0.872. The van der Waals surface area contributed by atoms with Crippen molar-refractivity contribution in [2.45, 2.75) is 12.8 Å². The van der Waals surface area contributed by atoms with Crippen molar-refractivity contribution in [1.29, 1.82) is 0 Å². The summed E-state index contributed by atoms with van der Waals surface area (Å²) in [4.78, 5) is 26.4. The molecule has 0 radical (unpaired) electrons. The Morgan fingerprint density at radius 2 is 1.62 bits per heavy atom. The summed E-state index contributed by atoms with van der Waals surface area (Å²) in [5.41, 5.74) is 0.787. The molecule has 1 heterocycles. The minimum Gasteiger partial charge on any atom is -0.339 e. The number of benzene rings is 2. The quantitative estimate of drug-likeness (QED) is 0.873. The molecular formula is C19H17ClF2N2O2. The highest BCUT2D eigenvalue weighted by molar-refractivity contribution is 6.33. The lowest BCUT2D eigenvalue weighted by Gasteiger charge is -2.31. The summed E-state index contributed by atoms with van der Waals surface area (Å²) < 4.78 is 26.0. The number of anilines is 1. The van der Waals surface area contributed by atoms with Crippen molar-refractivity contribution in [3.8, 4) is 0 Å². The van der Waals surface area contributed by atoms with Gasteiger partial charge in [-0.05, 0) is 55.3 Å². The molecule has 0 aromatic heterocycles. The molecule has 2 amide bonds. The first-order valence-corrected chi connectivity index (χ1v) is 8.62. The molecule has 0 bridgehead atoms. The van der Waals surface area contributed by atoms with E-state index < -0.39 is 11.6 Å². The molecule has 2 aromatic carbocycles. The maximum absolute atomic E-state index is 13.1. The summed E-state index contributed by atoms with van der Waals surface area (Å²) in [5, 5.41) is 2.85. The van der Waals surface area contributed by atoms with E-state index in [1.165, 1.54) is 36.4 Å². The zero-order valence-corrected chi connectivity index (χ0v) is 14.6. The van der Waals surface area contributed by atoms with Crippen LogP contribution < -0.4 is 5.32 Å². The van der Waals surface area contributed by atoms with Crippen molar-refractivity contribution in [1.82, 2.24) is 4.90 Å². The van der Waals surface area contributed by atoms with Gasteiger partial charge in [0, 0.05) is 24.6 Å². The Hall–Kier alpha value is -2.47. The fourth-order valence-corrected chi connectivity index (χ4v) is 3.16. The van der Waals surface area contributed by atoms with Gasteiger partial charge < -0.3 is 10.2 Å². The molecule has 1 saturated heterocycles. The van der Waals surface area contributed by atoms with Gasteiger partial charge in [0.05, 0.1) is 10.7 Å². The van der Waals surface area contributed by atoms with Gasteiger partial charge in [0.15, 0.2) is 0 Å². The van der Waals surface area contributed by atoms with Crippen molar-refractivity contribution >= 4 is 29.1 Å². The van der Waals surface area contributed by atoms with Crippen molar-refractivity contribution < 1.29 is 18.4 Å². The van der Waals surface area contributed by atoms with Crippen LogP contribution in [-0.4, -0.2) is 29.8 Å². The average Bonchev–Trinajstić information content (AvgIpc) is 2.64. The first kappa shape index (κ1) is 18.3. The molecule has 136 valence electrons. The van der Waals surface area contributed by atoms with Gasteiger partial charge in [-0.3, -0.25) is 9.59 Å². The molecule has 1 N–H and O–H groups in total. The third kappa shape index (κ3) is 4.19. The second kappa shape index (κ2) is 7.83. The first-order valence-electron chi connectivity index (χ1n) is 8.25. The monoisotopic (exact) mass is 378 g/mol. The van der Waals surface area contributed by atoms with Gasteiger partial charge in [0.25, 0.3) is 5.91 Å². The number of carbonyl (C=O) groups excluding carboxylic acids is 2. The van der Waals surface area contributed by atoms with Gasteiger partial charge >= 0.3 is 0 Å². The van der Waals surface area contributed by atoms with E-state index >= 15 is 0 Å². The van der Waals surface area contributed by atoms with E-state index in [9.17, 15) is 18.4 Å². The topological polar surface area (TPSA) is 49.4 Å². The fraction of sp³-hybridized carbons (Fsp3) is 0.263. The van der Waals surface area contributed by atoms with E-state index in [1.54, 1.807) is 4.90 Å². The summed E-state index contributed by atoms with van der Waals surface area (Å²) >= 11 is 5.92. The van der Waals surface area contributed by atoms with Crippen molar-refractivity contribution in [3.05, 3.63) is 64.7 Å². The number of hydrogen-bond acceptors (Lipinski definition) is 2. The zero-order chi connectivity index (χ0) is 18.7. The van der Waals surface area contributed by atoms with Crippen LogP contribution in [0, 0.1) is 17.6 Å². The lowest BCUT2D eigenvalue weighted by atomic mass is 9.95. The van der Waals surface area contributed by atoms with E-state index in [0.29, 0.717) is 37.2 Å². The molecule has 0 aliphatic carbocycles. The summed E-state index contributed by atoms with van der Waals surface area (Å²) in [6, 6.07) is 9.19. The maximum atomic E-state index is 13.1. The predicted octanol–water partition coefficient (Wildman–Crippen LogP) is 4.11. The lowest BCUT2D eigenvalue weighted by molar-refractivity contribution is -0.121. The Bertz CT molecular complexity index is 819. The number of piperidine rings is 1.